The minimum atomic E-state index is -0.833. The number of carboxylic acids is 1. The van der Waals surface area contributed by atoms with Crippen molar-refractivity contribution in [1.29, 1.82) is 0 Å². The van der Waals surface area contributed by atoms with Crippen LogP contribution in [-0.2, 0) is 4.79 Å². The summed E-state index contributed by atoms with van der Waals surface area (Å²) in [5, 5.41) is 12.0. The van der Waals surface area contributed by atoms with E-state index in [0.717, 1.165) is 57.7 Å². The summed E-state index contributed by atoms with van der Waals surface area (Å²) in [4.78, 5) is 42.0. The van der Waals surface area contributed by atoms with Gasteiger partial charge in [-0.15, -0.1) is 0 Å². The second-order valence-electron chi connectivity index (χ2n) is 9.77. The van der Waals surface area contributed by atoms with E-state index in [0.29, 0.717) is 24.2 Å². The molecule has 0 unspecified atom stereocenters. The first kappa shape index (κ1) is 35.5. The van der Waals surface area contributed by atoms with E-state index < -0.39 is 17.5 Å². The monoisotopic (exact) mass is 870 g/mol. The molecule has 12 heteroatoms. The third kappa shape index (κ3) is 8.11. The van der Waals surface area contributed by atoms with Gasteiger partial charge in [0.25, 0.3) is 5.97 Å². The predicted octanol–water partition coefficient (Wildman–Crippen LogP) is 8.71. The molecular formula is C34H26Br4N4O4. The zero-order valence-corrected chi connectivity index (χ0v) is 30.6. The molecule has 0 spiro atoms. The van der Waals surface area contributed by atoms with Crippen molar-refractivity contribution in [2.24, 2.45) is 11.5 Å². The summed E-state index contributed by atoms with van der Waals surface area (Å²) in [6.07, 6.45) is 3.49. The average molecular weight is 874 g/mol. The van der Waals surface area contributed by atoms with Crippen LogP contribution in [0.2, 0.25) is 0 Å². The number of halogens is 4. The number of fused-ring (bicyclic) bond motifs is 9. The van der Waals surface area contributed by atoms with Crippen molar-refractivity contribution >= 4 is 114 Å². The first-order chi connectivity index (χ1) is 22.0. The standard InChI is InChI=1S/C16H8Br2N2.C14H6Br2O2.C2H8N2.C2H4O2/c17-9-1-3-11-13(7-9)14-8-10(18)2-4-12(14)16-15(11)19-5-6-20-16;15-7-1-3-9-11(5-7)12-6-8(16)2-4-10(12)14(18)13(9)17;3-1-2-4;1-2(3)4/h1-8H;1-6H;1-4H2;1H3,(H,3,4). The van der Waals surface area contributed by atoms with Crippen LogP contribution < -0.4 is 11.5 Å². The lowest BCUT2D eigenvalue weighted by atomic mass is 9.84. The maximum absolute atomic E-state index is 12.0. The molecular weight excluding hydrogens is 848 g/mol. The van der Waals surface area contributed by atoms with Gasteiger partial charge in [0.1, 0.15) is 0 Å². The maximum Gasteiger partial charge on any atom is 0.300 e. The van der Waals surface area contributed by atoms with Crippen molar-refractivity contribution in [3.63, 3.8) is 0 Å². The highest BCUT2D eigenvalue weighted by molar-refractivity contribution is 9.11. The second kappa shape index (κ2) is 15.9. The summed E-state index contributed by atoms with van der Waals surface area (Å²) >= 11 is 13.9. The van der Waals surface area contributed by atoms with Crippen LogP contribution in [0.15, 0.2) is 103 Å². The van der Waals surface area contributed by atoms with Crippen LogP contribution in [0, 0.1) is 0 Å². The molecule has 5 N–H and O–H groups in total. The molecule has 0 fully saturated rings. The Kier molecular flexibility index (Phi) is 12.3. The third-order valence-corrected chi connectivity index (χ3v) is 8.55. The molecule has 1 aliphatic rings. The maximum atomic E-state index is 12.0. The Morgan fingerprint density at radius 3 is 1.26 bits per heavy atom. The van der Waals surface area contributed by atoms with Gasteiger partial charge in [-0.2, -0.15) is 0 Å². The molecule has 5 aromatic carbocycles. The van der Waals surface area contributed by atoms with Crippen molar-refractivity contribution < 1.29 is 19.5 Å². The van der Waals surface area contributed by atoms with Gasteiger partial charge < -0.3 is 16.6 Å². The van der Waals surface area contributed by atoms with E-state index in [1.54, 1.807) is 36.7 Å². The summed E-state index contributed by atoms with van der Waals surface area (Å²) in [6, 6.07) is 23.2. The topological polar surface area (TPSA) is 149 Å². The van der Waals surface area contributed by atoms with E-state index in [-0.39, 0.29) is 0 Å². The molecule has 234 valence electrons. The Hall–Kier alpha value is -3.39. The van der Waals surface area contributed by atoms with Crippen LogP contribution in [0.4, 0.5) is 0 Å². The highest BCUT2D eigenvalue weighted by Crippen LogP contribution is 2.37. The Morgan fingerprint density at radius 2 is 0.913 bits per heavy atom. The number of Topliss-reactive ketones (excluding diaryl/α,β-unsaturated/α-hetero) is 2. The van der Waals surface area contributed by atoms with E-state index in [2.05, 4.69) is 98.0 Å². The lowest BCUT2D eigenvalue weighted by Gasteiger charge is -2.18. The van der Waals surface area contributed by atoms with Crippen LogP contribution in [0.5, 0.6) is 0 Å². The largest absolute Gasteiger partial charge is 0.481 e. The number of nitrogens with two attached hydrogens (primary N) is 2. The molecule has 0 aliphatic heterocycles. The van der Waals surface area contributed by atoms with Gasteiger partial charge in [0.2, 0.25) is 11.6 Å². The fourth-order valence-electron chi connectivity index (χ4n) is 4.74. The van der Waals surface area contributed by atoms with Crippen molar-refractivity contribution in [1.82, 2.24) is 9.97 Å². The Morgan fingerprint density at radius 1 is 0.587 bits per heavy atom. The molecule has 0 saturated heterocycles. The number of nitrogens with zero attached hydrogens (tertiary/aromatic N) is 2. The van der Waals surface area contributed by atoms with Gasteiger partial charge in [-0.25, -0.2) is 0 Å². The van der Waals surface area contributed by atoms with E-state index in [1.807, 2.05) is 24.3 Å². The smallest absolute Gasteiger partial charge is 0.300 e. The molecule has 1 aliphatic carbocycles. The molecule has 0 bridgehead atoms. The minimum absolute atomic E-state index is 0.438. The van der Waals surface area contributed by atoms with Gasteiger partial charge >= 0.3 is 0 Å². The van der Waals surface area contributed by atoms with Crippen LogP contribution >= 0.6 is 63.7 Å². The number of benzene rings is 5. The SMILES string of the molecule is Brc1ccc2c(c1)c1cc(Br)ccc1c1nccnc21.CC(=O)O.NCCN.O=C1C(=O)c2ccc(Br)cc2-c2cc(Br)ccc21. The van der Waals surface area contributed by atoms with Gasteiger partial charge in [0, 0.05) is 72.2 Å². The number of carbonyl (C=O) groups is 3. The van der Waals surface area contributed by atoms with Gasteiger partial charge in [-0.05, 0) is 82.6 Å². The lowest BCUT2D eigenvalue weighted by molar-refractivity contribution is -0.134. The molecule has 0 saturated carbocycles. The molecule has 46 heavy (non-hydrogen) atoms. The molecule has 0 atom stereocenters. The van der Waals surface area contributed by atoms with Crippen LogP contribution in [-0.4, -0.2) is 45.7 Å². The fraction of sp³-hybridized carbons (Fsp3) is 0.0882. The first-order valence-electron chi connectivity index (χ1n) is 13.7. The van der Waals surface area contributed by atoms with E-state index in [1.165, 1.54) is 10.8 Å². The number of carboxylic acid groups (broad SMARTS) is 1. The van der Waals surface area contributed by atoms with Gasteiger partial charge in [0.05, 0.1) is 11.0 Å². The highest BCUT2D eigenvalue weighted by atomic mass is 79.9. The molecule has 7 rings (SSSR count). The van der Waals surface area contributed by atoms with E-state index in [4.69, 9.17) is 21.4 Å². The summed E-state index contributed by atoms with van der Waals surface area (Å²) in [7, 11) is 0. The van der Waals surface area contributed by atoms with E-state index >= 15 is 0 Å². The Labute approximate surface area is 298 Å². The lowest BCUT2D eigenvalue weighted by Crippen LogP contribution is -2.21. The highest BCUT2D eigenvalue weighted by Gasteiger charge is 2.30. The molecule has 8 nitrogen and oxygen atoms in total. The Bertz CT molecular complexity index is 1970. The van der Waals surface area contributed by atoms with Crippen molar-refractivity contribution in [2.45, 2.75) is 6.92 Å². The normalized spacial score (nSPS) is 11.4. The quantitative estimate of drug-likeness (QED) is 0.110. The Balaban J connectivity index is 0.000000171. The molecule has 1 aromatic heterocycles. The van der Waals surface area contributed by atoms with Crippen molar-refractivity contribution in [3.8, 4) is 11.1 Å². The number of rotatable bonds is 1. The first-order valence-corrected chi connectivity index (χ1v) is 16.8. The average Bonchev–Trinajstić information content (AvgIpc) is 3.03. The van der Waals surface area contributed by atoms with Crippen molar-refractivity contribution in [2.75, 3.05) is 13.1 Å². The summed E-state index contributed by atoms with van der Waals surface area (Å²) in [5.74, 6) is -1.71. The van der Waals surface area contributed by atoms with Gasteiger partial charge in [-0.3, -0.25) is 24.4 Å². The zero-order valence-electron chi connectivity index (χ0n) is 24.2. The number of carbonyl (C=O) groups excluding carboxylic acids is 2. The van der Waals surface area contributed by atoms with Gasteiger partial charge in [-0.1, -0.05) is 75.9 Å². The number of aromatic nitrogens is 2. The fourth-order valence-corrected chi connectivity index (χ4v) is 6.19. The third-order valence-electron chi connectivity index (χ3n) is 6.58. The molecule has 1 heterocycles. The number of hydrogen-bond acceptors (Lipinski definition) is 7. The van der Waals surface area contributed by atoms with Crippen LogP contribution in [0.3, 0.4) is 0 Å². The second-order valence-corrected chi connectivity index (χ2v) is 13.4. The van der Waals surface area contributed by atoms with Crippen LogP contribution in [0.1, 0.15) is 27.6 Å². The molecule has 0 radical (unpaired) electrons. The summed E-state index contributed by atoms with van der Waals surface area (Å²) in [6.45, 7) is 2.28. The van der Waals surface area contributed by atoms with E-state index in [9.17, 15) is 9.59 Å². The molecule has 0 amide bonds. The minimum Gasteiger partial charge on any atom is -0.481 e. The number of hydrogen-bond donors (Lipinski definition) is 3. The van der Waals surface area contributed by atoms with Gasteiger partial charge in [0.15, 0.2) is 0 Å². The molecule has 6 aromatic rings. The van der Waals surface area contributed by atoms with Crippen LogP contribution in [0.25, 0.3) is 43.7 Å². The predicted molar refractivity (Wildman–Crippen MR) is 197 cm³/mol. The summed E-state index contributed by atoms with van der Waals surface area (Å²) < 4.78 is 3.90. The number of aliphatic carboxylic acids is 1. The number of ketones is 2. The van der Waals surface area contributed by atoms with Crippen molar-refractivity contribution in [3.05, 3.63) is 114 Å². The summed E-state index contributed by atoms with van der Waals surface area (Å²) in [5.41, 5.74) is 14.2. The zero-order chi connectivity index (χ0) is 33.5.